The van der Waals surface area contributed by atoms with Crippen molar-refractivity contribution >= 4 is 17.0 Å². The molecule has 0 aliphatic heterocycles. The summed E-state index contributed by atoms with van der Waals surface area (Å²) in [5, 5.41) is 4.18. The van der Waals surface area contributed by atoms with Gasteiger partial charge in [-0.2, -0.15) is 5.10 Å². The summed E-state index contributed by atoms with van der Waals surface area (Å²) in [6.45, 7) is 2.89. The minimum Gasteiger partial charge on any atom is -0.369 e. The van der Waals surface area contributed by atoms with Crippen molar-refractivity contribution in [1.82, 2.24) is 19.3 Å². The Morgan fingerprint density at radius 1 is 1.26 bits per heavy atom. The molecule has 0 saturated carbocycles. The number of rotatable bonds is 3. The van der Waals surface area contributed by atoms with Crippen LogP contribution in [0.5, 0.6) is 0 Å². The third kappa shape index (κ3) is 2.07. The van der Waals surface area contributed by atoms with Crippen molar-refractivity contribution in [2.75, 3.05) is 5.73 Å². The summed E-state index contributed by atoms with van der Waals surface area (Å²) in [5.74, 6) is 0.572. The average Bonchev–Trinajstić information content (AvgIpc) is 2.90. The summed E-state index contributed by atoms with van der Waals surface area (Å²) < 4.78 is 3.95. The van der Waals surface area contributed by atoms with Crippen LogP contribution in [-0.2, 0) is 20.0 Å². The number of benzene rings is 1. The van der Waals surface area contributed by atoms with Gasteiger partial charge < -0.3 is 10.3 Å². The van der Waals surface area contributed by atoms with Crippen molar-refractivity contribution < 1.29 is 0 Å². The van der Waals surface area contributed by atoms with Gasteiger partial charge in [-0.1, -0.05) is 6.07 Å². The van der Waals surface area contributed by atoms with Gasteiger partial charge in [0, 0.05) is 31.9 Å². The number of aromatic nitrogens is 4. The maximum absolute atomic E-state index is 6.01. The zero-order valence-corrected chi connectivity index (χ0v) is 11.2. The molecule has 2 N–H and O–H groups in total. The van der Waals surface area contributed by atoms with Gasteiger partial charge in [-0.25, -0.2) is 4.98 Å². The summed E-state index contributed by atoms with van der Waals surface area (Å²) in [4.78, 5) is 4.39. The molecule has 0 aliphatic rings. The van der Waals surface area contributed by atoms with Crippen LogP contribution < -0.4 is 5.73 Å². The molecular weight excluding hydrogens is 238 g/mol. The molecule has 2 aromatic heterocycles. The standard InChI is InChI=1S/C14H17N5/c1-10-3-4-12-13(9-10)19(14(15)17-12)8-6-11-5-7-16-18(11)2/h3-5,7,9H,6,8H2,1-2H3,(H2,15,17). The fraction of sp³-hybridized carbons (Fsp3) is 0.286. The van der Waals surface area contributed by atoms with Gasteiger partial charge in [-0.05, 0) is 30.7 Å². The Kier molecular flexibility index (Phi) is 2.74. The van der Waals surface area contributed by atoms with E-state index in [1.165, 1.54) is 11.3 Å². The molecule has 2 heterocycles. The Morgan fingerprint density at radius 2 is 2.11 bits per heavy atom. The minimum atomic E-state index is 0.572. The lowest BCUT2D eigenvalue weighted by molar-refractivity contribution is 0.651. The van der Waals surface area contributed by atoms with Crippen LogP contribution in [-0.4, -0.2) is 19.3 Å². The molecule has 0 spiro atoms. The van der Waals surface area contributed by atoms with Gasteiger partial charge in [0.15, 0.2) is 0 Å². The van der Waals surface area contributed by atoms with Crippen LogP contribution in [0.15, 0.2) is 30.5 Å². The van der Waals surface area contributed by atoms with Crippen LogP contribution in [0.1, 0.15) is 11.3 Å². The first kappa shape index (κ1) is 11.8. The van der Waals surface area contributed by atoms with E-state index >= 15 is 0 Å². The SMILES string of the molecule is Cc1ccc2nc(N)n(CCc3ccnn3C)c2c1. The molecule has 3 rings (SSSR count). The van der Waals surface area contributed by atoms with Crippen molar-refractivity contribution in [3.8, 4) is 0 Å². The number of imidazole rings is 1. The van der Waals surface area contributed by atoms with Gasteiger partial charge in [0.25, 0.3) is 0 Å². The first-order chi connectivity index (χ1) is 9.15. The molecule has 0 saturated heterocycles. The van der Waals surface area contributed by atoms with E-state index < -0.39 is 0 Å². The average molecular weight is 255 g/mol. The number of hydrogen-bond acceptors (Lipinski definition) is 3. The quantitative estimate of drug-likeness (QED) is 0.777. The second kappa shape index (κ2) is 4.42. The lowest BCUT2D eigenvalue weighted by atomic mass is 10.2. The fourth-order valence-corrected chi connectivity index (χ4v) is 2.36. The number of fused-ring (bicyclic) bond motifs is 1. The molecule has 0 unspecified atom stereocenters. The van der Waals surface area contributed by atoms with E-state index in [0.29, 0.717) is 5.95 Å². The van der Waals surface area contributed by atoms with E-state index in [1.54, 1.807) is 0 Å². The van der Waals surface area contributed by atoms with Crippen LogP contribution in [0.25, 0.3) is 11.0 Å². The minimum absolute atomic E-state index is 0.572. The van der Waals surface area contributed by atoms with Crippen LogP contribution in [0.3, 0.4) is 0 Å². The summed E-state index contributed by atoms with van der Waals surface area (Å²) >= 11 is 0. The number of hydrogen-bond donors (Lipinski definition) is 1. The van der Waals surface area contributed by atoms with Gasteiger partial charge in [0.1, 0.15) is 0 Å². The second-order valence-electron chi connectivity index (χ2n) is 4.81. The molecule has 0 atom stereocenters. The summed E-state index contributed by atoms with van der Waals surface area (Å²) in [6, 6.07) is 8.23. The van der Waals surface area contributed by atoms with Crippen molar-refractivity contribution in [2.24, 2.45) is 7.05 Å². The maximum atomic E-state index is 6.01. The van der Waals surface area contributed by atoms with Gasteiger partial charge in [0.05, 0.1) is 11.0 Å². The van der Waals surface area contributed by atoms with Crippen molar-refractivity contribution in [1.29, 1.82) is 0 Å². The van der Waals surface area contributed by atoms with Crippen LogP contribution in [0, 0.1) is 6.92 Å². The second-order valence-corrected chi connectivity index (χ2v) is 4.81. The molecule has 19 heavy (non-hydrogen) atoms. The van der Waals surface area contributed by atoms with E-state index in [1.807, 2.05) is 30.1 Å². The summed E-state index contributed by atoms with van der Waals surface area (Å²) in [5.41, 5.74) is 10.5. The first-order valence-electron chi connectivity index (χ1n) is 6.34. The van der Waals surface area contributed by atoms with Crippen molar-refractivity contribution in [3.63, 3.8) is 0 Å². The number of nitrogens with zero attached hydrogens (tertiary/aromatic N) is 4. The Bertz CT molecular complexity index is 723. The fourth-order valence-electron chi connectivity index (χ4n) is 2.36. The molecular formula is C14H17N5. The lowest BCUT2D eigenvalue weighted by Crippen LogP contribution is -2.08. The topological polar surface area (TPSA) is 61.7 Å². The summed E-state index contributed by atoms with van der Waals surface area (Å²) in [6.07, 6.45) is 2.70. The predicted molar refractivity (Wildman–Crippen MR) is 75.8 cm³/mol. The highest BCUT2D eigenvalue weighted by atomic mass is 15.3. The lowest BCUT2D eigenvalue weighted by Gasteiger charge is -2.07. The van der Waals surface area contributed by atoms with Crippen molar-refractivity contribution in [2.45, 2.75) is 19.9 Å². The first-order valence-corrected chi connectivity index (χ1v) is 6.34. The smallest absolute Gasteiger partial charge is 0.201 e. The Balaban J connectivity index is 1.94. The molecule has 5 heteroatoms. The van der Waals surface area contributed by atoms with Gasteiger partial charge >= 0.3 is 0 Å². The van der Waals surface area contributed by atoms with E-state index in [9.17, 15) is 0 Å². The van der Waals surface area contributed by atoms with Gasteiger partial charge in [-0.15, -0.1) is 0 Å². The number of nitrogen functional groups attached to an aromatic ring is 1. The van der Waals surface area contributed by atoms with E-state index in [4.69, 9.17) is 5.73 Å². The van der Waals surface area contributed by atoms with Gasteiger partial charge in [0.2, 0.25) is 5.95 Å². The molecule has 0 fully saturated rings. The van der Waals surface area contributed by atoms with Crippen LogP contribution >= 0.6 is 0 Å². The Hall–Kier alpha value is -2.30. The Labute approximate surface area is 111 Å². The zero-order chi connectivity index (χ0) is 13.4. The highest BCUT2D eigenvalue weighted by Gasteiger charge is 2.09. The number of aryl methyl sites for hydroxylation is 4. The zero-order valence-electron chi connectivity index (χ0n) is 11.2. The molecule has 1 aromatic carbocycles. The molecule has 0 amide bonds. The number of nitrogens with two attached hydrogens (primary N) is 1. The van der Waals surface area contributed by atoms with Crippen LogP contribution in [0.4, 0.5) is 5.95 Å². The normalized spacial score (nSPS) is 11.3. The van der Waals surface area contributed by atoms with E-state index in [-0.39, 0.29) is 0 Å². The largest absolute Gasteiger partial charge is 0.369 e. The van der Waals surface area contributed by atoms with E-state index in [2.05, 4.69) is 33.7 Å². The maximum Gasteiger partial charge on any atom is 0.201 e. The summed E-state index contributed by atoms with van der Waals surface area (Å²) in [7, 11) is 1.95. The highest BCUT2D eigenvalue weighted by molar-refractivity contribution is 5.79. The highest BCUT2D eigenvalue weighted by Crippen LogP contribution is 2.19. The Morgan fingerprint density at radius 3 is 2.84 bits per heavy atom. The monoisotopic (exact) mass is 255 g/mol. The van der Waals surface area contributed by atoms with Gasteiger partial charge in [-0.3, -0.25) is 4.68 Å². The molecule has 5 nitrogen and oxygen atoms in total. The third-order valence-corrected chi connectivity index (χ3v) is 3.45. The third-order valence-electron chi connectivity index (χ3n) is 3.45. The van der Waals surface area contributed by atoms with E-state index in [0.717, 1.165) is 24.0 Å². The molecule has 0 bridgehead atoms. The van der Waals surface area contributed by atoms with Crippen molar-refractivity contribution in [3.05, 3.63) is 41.7 Å². The molecule has 98 valence electrons. The predicted octanol–water partition coefficient (Wildman–Crippen LogP) is 1.90. The molecule has 0 aliphatic carbocycles. The molecule has 3 aromatic rings. The van der Waals surface area contributed by atoms with Crippen LogP contribution in [0.2, 0.25) is 0 Å². The number of anilines is 1. The molecule has 0 radical (unpaired) electrons.